The maximum Gasteiger partial charge on any atom is 0.337 e. The van der Waals surface area contributed by atoms with Crippen molar-refractivity contribution in [3.05, 3.63) is 59.3 Å². The molecule has 0 bridgehead atoms. The van der Waals surface area contributed by atoms with Crippen molar-refractivity contribution in [2.75, 3.05) is 12.4 Å². The monoisotopic (exact) mass is 310 g/mol. The Morgan fingerprint density at radius 2 is 1.96 bits per heavy atom. The molecule has 1 aromatic heterocycles. The van der Waals surface area contributed by atoms with Crippen molar-refractivity contribution in [2.45, 2.75) is 25.2 Å². The first-order valence-corrected chi connectivity index (χ1v) is 7.43. The lowest BCUT2D eigenvalue weighted by atomic mass is 9.71. The molecule has 0 radical (unpaired) electrons. The molecule has 0 spiro atoms. The number of benzene rings is 1. The Bertz CT molecular complexity index is 770. The molecule has 3 rings (SSSR count). The lowest BCUT2D eigenvalue weighted by Gasteiger charge is -2.30. The van der Waals surface area contributed by atoms with Crippen molar-refractivity contribution in [2.24, 2.45) is 0 Å². The number of aromatic nitrogens is 1. The summed E-state index contributed by atoms with van der Waals surface area (Å²) >= 11 is 0. The third-order valence-electron chi connectivity index (χ3n) is 4.77. The Hall–Kier alpha value is -2.69. The van der Waals surface area contributed by atoms with E-state index < -0.39 is 5.41 Å². The van der Waals surface area contributed by atoms with E-state index in [1.54, 1.807) is 18.3 Å². The molecular weight excluding hydrogens is 292 g/mol. The third kappa shape index (κ3) is 2.29. The van der Waals surface area contributed by atoms with E-state index in [1.807, 2.05) is 38.1 Å². The maximum atomic E-state index is 12.6. The zero-order valence-corrected chi connectivity index (χ0v) is 13.3. The highest BCUT2D eigenvalue weighted by Crippen LogP contribution is 2.45. The van der Waals surface area contributed by atoms with Gasteiger partial charge in [-0.25, -0.2) is 9.78 Å². The number of esters is 1. The van der Waals surface area contributed by atoms with E-state index in [0.717, 1.165) is 11.1 Å². The second kappa shape index (κ2) is 5.50. The predicted octanol–water partition coefficient (Wildman–Crippen LogP) is 2.88. The molecule has 118 valence electrons. The molecule has 1 aromatic carbocycles. The fraction of sp³-hybridized carbons (Fsp3) is 0.278. The highest BCUT2D eigenvalue weighted by molar-refractivity contribution is 6.05. The van der Waals surface area contributed by atoms with Crippen LogP contribution in [0.5, 0.6) is 0 Å². The minimum Gasteiger partial charge on any atom is -0.465 e. The number of pyridine rings is 1. The lowest BCUT2D eigenvalue weighted by molar-refractivity contribution is -0.120. The van der Waals surface area contributed by atoms with Crippen molar-refractivity contribution in [1.82, 2.24) is 4.98 Å². The molecule has 2 atom stereocenters. The van der Waals surface area contributed by atoms with Gasteiger partial charge in [-0.05, 0) is 36.6 Å². The molecule has 1 aliphatic heterocycles. The van der Waals surface area contributed by atoms with E-state index in [-0.39, 0.29) is 17.8 Å². The Morgan fingerprint density at radius 1 is 1.26 bits per heavy atom. The summed E-state index contributed by atoms with van der Waals surface area (Å²) in [7, 11) is 1.35. The molecule has 0 saturated heterocycles. The first kappa shape index (κ1) is 15.2. The van der Waals surface area contributed by atoms with Crippen LogP contribution in [0.1, 0.15) is 41.3 Å². The van der Waals surface area contributed by atoms with Crippen LogP contribution < -0.4 is 5.32 Å². The van der Waals surface area contributed by atoms with Crippen LogP contribution in [0.25, 0.3) is 0 Å². The highest BCUT2D eigenvalue weighted by Gasteiger charge is 2.47. The van der Waals surface area contributed by atoms with E-state index >= 15 is 0 Å². The smallest absolute Gasteiger partial charge is 0.337 e. The fourth-order valence-corrected chi connectivity index (χ4v) is 3.07. The van der Waals surface area contributed by atoms with E-state index in [4.69, 9.17) is 4.74 Å². The van der Waals surface area contributed by atoms with E-state index in [9.17, 15) is 9.59 Å². The van der Waals surface area contributed by atoms with E-state index in [2.05, 4.69) is 10.3 Å². The summed E-state index contributed by atoms with van der Waals surface area (Å²) in [5.41, 5.74) is 1.67. The molecule has 1 amide bonds. The van der Waals surface area contributed by atoms with Crippen LogP contribution in [-0.2, 0) is 14.9 Å². The number of nitrogens with one attached hydrogen (secondary N) is 1. The number of hydrogen-bond donors (Lipinski definition) is 1. The first-order valence-electron chi connectivity index (χ1n) is 7.43. The number of nitrogens with zero attached hydrogens (tertiary/aromatic N) is 1. The second-order valence-electron chi connectivity index (χ2n) is 5.89. The fourth-order valence-electron chi connectivity index (χ4n) is 3.07. The summed E-state index contributed by atoms with van der Waals surface area (Å²) in [6, 6.07) is 10.9. The highest BCUT2D eigenvalue weighted by atomic mass is 16.5. The Morgan fingerprint density at radius 3 is 2.61 bits per heavy atom. The zero-order chi connectivity index (χ0) is 16.6. The van der Waals surface area contributed by atoms with Crippen LogP contribution in [0.4, 0.5) is 5.82 Å². The van der Waals surface area contributed by atoms with Crippen LogP contribution in [-0.4, -0.2) is 24.0 Å². The molecule has 2 aromatic rings. The summed E-state index contributed by atoms with van der Waals surface area (Å²) in [6.07, 6.45) is 1.67. The molecule has 23 heavy (non-hydrogen) atoms. The van der Waals surface area contributed by atoms with Gasteiger partial charge in [0.1, 0.15) is 5.82 Å². The van der Waals surface area contributed by atoms with Crippen LogP contribution in [0.3, 0.4) is 0 Å². The number of anilines is 1. The van der Waals surface area contributed by atoms with Gasteiger partial charge in [0.15, 0.2) is 0 Å². The minimum absolute atomic E-state index is 0.0595. The average Bonchev–Trinajstić information content (AvgIpc) is 2.86. The number of carbonyl (C=O) groups is 2. The Labute approximate surface area is 134 Å². The SMILES string of the molecule is COC(=O)c1ccc([C@@H](C)[C@@]2(C)C(=O)Nc3ncccc32)cc1. The molecule has 1 aliphatic rings. The van der Waals surface area contributed by atoms with Crippen LogP contribution in [0, 0.1) is 0 Å². The second-order valence-corrected chi connectivity index (χ2v) is 5.89. The molecular formula is C18H18N2O3. The summed E-state index contributed by atoms with van der Waals surface area (Å²) in [4.78, 5) is 28.3. The van der Waals surface area contributed by atoms with Crippen LogP contribution in [0.15, 0.2) is 42.6 Å². The normalized spacial score (nSPS) is 20.6. The number of fused-ring (bicyclic) bond motifs is 1. The topological polar surface area (TPSA) is 68.3 Å². The van der Waals surface area contributed by atoms with Crippen LogP contribution in [0.2, 0.25) is 0 Å². The zero-order valence-electron chi connectivity index (χ0n) is 13.3. The molecule has 5 nitrogen and oxygen atoms in total. The van der Waals surface area contributed by atoms with E-state index in [0.29, 0.717) is 11.4 Å². The van der Waals surface area contributed by atoms with Gasteiger partial charge in [0.25, 0.3) is 0 Å². The quantitative estimate of drug-likeness (QED) is 0.885. The standard InChI is InChI=1S/C18H18N2O3/c1-11(12-6-8-13(9-7-12)16(21)23-3)18(2)14-5-4-10-19-15(14)20-17(18)22/h4-11H,1-3H3,(H,19,20,22)/t11-,18-/m1/s1. The number of methoxy groups -OCH3 is 1. The predicted molar refractivity (Wildman–Crippen MR) is 86.4 cm³/mol. The van der Waals surface area contributed by atoms with Crippen molar-refractivity contribution in [3.63, 3.8) is 0 Å². The van der Waals surface area contributed by atoms with Crippen molar-refractivity contribution >= 4 is 17.7 Å². The molecule has 5 heteroatoms. The Kier molecular flexibility index (Phi) is 3.64. The summed E-state index contributed by atoms with van der Waals surface area (Å²) in [5, 5.41) is 2.85. The van der Waals surface area contributed by atoms with Gasteiger partial charge in [0, 0.05) is 11.8 Å². The molecule has 2 heterocycles. The minimum atomic E-state index is -0.698. The van der Waals surface area contributed by atoms with Gasteiger partial charge in [-0.15, -0.1) is 0 Å². The van der Waals surface area contributed by atoms with Gasteiger partial charge in [0.2, 0.25) is 5.91 Å². The van der Waals surface area contributed by atoms with Crippen molar-refractivity contribution < 1.29 is 14.3 Å². The molecule has 0 unspecified atom stereocenters. The molecule has 0 fully saturated rings. The lowest BCUT2D eigenvalue weighted by Crippen LogP contribution is -2.36. The summed E-state index contributed by atoms with van der Waals surface area (Å²) in [5.74, 6) is 0.122. The van der Waals surface area contributed by atoms with Gasteiger partial charge in [0.05, 0.1) is 18.1 Å². The molecule has 1 N–H and O–H groups in total. The van der Waals surface area contributed by atoms with Crippen molar-refractivity contribution in [3.8, 4) is 0 Å². The number of amides is 1. The summed E-state index contributed by atoms with van der Waals surface area (Å²) < 4.78 is 4.71. The molecule has 0 saturated carbocycles. The average molecular weight is 310 g/mol. The number of ether oxygens (including phenoxy) is 1. The summed E-state index contributed by atoms with van der Waals surface area (Å²) in [6.45, 7) is 3.93. The first-order chi connectivity index (χ1) is 11.0. The Balaban J connectivity index is 1.98. The third-order valence-corrected chi connectivity index (χ3v) is 4.77. The van der Waals surface area contributed by atoms with Crippen LogP contribution >= 0.6 is 0 Å². The van der Waals surface area contributed by atoms with Gasteiger partial charge < -0.3 is 10.1 Å². The maximum absolute atomic E-state index is 12.6. The number of rotatable bonds is 3. The van der Waals surface area contributed by atoms with Gasteiger partial charge in [-0.3, -0.25) is 4.79 Å². The van der Waals surface area contributed by atoms with E-state index in [1.165, 1.54) is 7.11 Å². The van der Waals surface area contributed by atoms with Gasteiger partial charge in [-0.2, -0.15) is 0 Å². The van der Waals surface area contributed by atoms with Gasteiger partial charge >= 0.3 is 5.97 Å². The number of hydrogen-bond acceptors (Lipinski definition) is 4. The van der Waals surface area contributed by atoms with Gasteiger partial charge in [-0.1, -0.05) is 25.1 Å². The molecule has 0 aliphatic carbocycles. The van der Waals surface area contributed by atoms with Crippen molar-refractivity contribution in [1.29, 1.82) is 0 Å². The number of carbonyl (C=O) groups excluding carboxylic acids is 2. The largest absolute Gasteiger partial charge is 0.465 e.